The van der Waals surface area contributed by atoms with Crippen LogP contribution in [0.3, 0.4) is 0 Å². The number of aromatic nitrogens is 1. The van der Waals surface area contributed by atoms with Crippen LogP contribution in [0.2, 0.25) is 0 Å². The fraction of sp³-hybridized carbons (Fsp3) is 0.727. The van der Waals surface area contributed by atoms with Crippen LogP contribution in [0.1, 0.15) is 71.7 Å². The first kappa shape index (κ1) is 23.0. The van der Waals surface area contributed by atoms with Gasteiger partial charge in [0.05, 0.1) is 17.4 Å². The summed E-state index contributed by atoms with van der Waals surface area (Å²) in [6, 6.07) is 5.25. The molecule has 1 amide bonds. The fourth-order valence-corrected chi connectivity index (χ4v) is 5.50. The van der Waals surface area contributed by atoms with Crippen LogP contribution >= 0.6 is 0 Å². The van der Waals surface area contributed by atoms with Crippen LogP contribution in [0.5, 0.6) is 0 Å². The molecule has 1 aliphatic carbocycles. The van der Waals surface area contributed by atoms with Gasteiger partial charge in [-0.25, -0.2) is 17.9 Å². The SMILES string of the molecule is CC(C)OC(=O)N1CCCC(NS(=O)(=O)C2CC2)C1Cc1cccc(C(C)(C)C)n1. The summed E-state index contributed by atoms with van der Waals surface area (Å²) in [6.45, 7) is 10.5. The Labute approximate surface area is 180 Å². The van der Waals surface area contributed by atoms with Crippen LogP contribution in [-0.2, 0) is 26.6 Å². The molecule has 7 nitrogen and oxygen atoms in total. The van der Waals surface area contributed by atoms with Crippen molar-refractivity contribution in [3.8, 4) is 0 Å². The topological polar surface area (TPSA) is 88.6 Å². The molecule has 8 heteroatoms. The second-order valence-corrected chi connectivity index (χ2v) is 11.8. The predicted octanol–water partition coefficient (Wildman–Crippen LogP) is 3.38. The molecule has 30 heavy (non-hydrogen) atoms. The van der Waals surface area contributed by atoms with Crippen molar-refractivity contribution in [2.24, 2.45) is 0 Å². The van der Waals surface area contributed by atoms with Crippen molar-refractivity contribution in [3.63, 3.8) is 0 Å². The van der Waals surface area contributed by atoms with Crippen molar-refractivity contribution >= 4 is 16.1 Å². The van der Waals surface area contributed by atoms with Gasteiger partial charge in [-0.1, -0.05) is 26.8 Å². The highest BCUT2D eigenvalue weighted by molar-refractivity contribution is 7.90. The molecule has 168 valence electrons. The van der Waals surface area contributed by atoms with Gasteiger partial charge in [0.15, 0.2) is 0 Å². The van der Waals surface area contributed by atoms with E-state index in [1.807, 2.05) is 32.0 Å². The Bertz CT molecular complexity index is 859. The maximum atomic E-state index is 12.8. The zero-order valence-corrected chi connectivity index (χ0v) is 19.5. The number of amides is 1. The molecule has 2 unspecified atom stereocenters. The highest BCUT2D eigenvalue weighted by Crippen LogP contribution is 2.30. The van der Waals surface area contributed by atoms with Crippen molar-refractivity contribution < 1.29 is 17.9 Å². The third kappa shape index (κ3) is 5.72. The molecule has 2 heterocycles. The molecule has 0 spiro atoms. The maximum absolute atomic E-state index is 12.8. The number of likely N-dealkylation sites (tertiary alicyclic amines) is 1. The van der Waals surface area contributed by atoms with Crippen LogP contribution in [0.15, 0.2) is 18.2 Å². The lowest BCUT2D eigenvalue weighted by Crippen LogP contribution is -2.58. The van der Waals surface area contributed by atoms with Crippen LogP contribution in [0, 0.1) is 0 Å². The molecule has 1 aromatic rings. The number of hydrogen-bond acceptors (Lipinski definition) is 5. The number of nitrogens with one attached hydrogen (secondary N) is 1. The first-order valence-electron chi connectivity index (χ1n) is 10.9. The second kappa shape index (κ2) is 8.83. The zero-order valence-electron chi connectivity index (χ0n) is 18.7. The molecule has 1 saturated heterocycles. The van der Waals surface area contributed by atoms with Gasteiger partial charge in [0, 0.05) is 35.8 Å². The van der Waals surface area contributed by atoms with E-state index in [-0.39, 0.29) is 28.9 Å². The Balaban J connectivity index is 1.88. The van der Waals surface area contributed by atoms with Gasteiger partial charge in [-0.15, -0.1) is 0 Å². The quantitative estimate of drug-likeness (QED) is 0.737. The number of nitrogens with zero attached hydrogens (tertiary/aromatic N) is 2. The zero-order chi connectivity index (χ0) is 22.1. The lowest BCUT2D eigenvalue weighted by Gasteiger charge is -2.41. The molecule has 2 fully saturated rings. The number of ether oxygens (including phenoxy) is 1. The highest BCUT2D eigenvalue weighted by atomic mass is 32.2. The maximum Gasteiger partial charge on any atom is 0.410 e. The summed E-state index contributed by atoms with van der Waals surface area (Å²) in [7, 11) is -3.36. The Morgan fingerprint density at radius 1 is 1.27 bits per heavy atom. The third-order valence-electron chi connectivity index (χ3n) is 5.62. The fourth-order valence-electron chi connectivity index (χ4n) is 3.85. The minimum absolute atomic E-state index is 0.0915. The van der Waals surface area contributed by atoms with Crippen LogP contribution in [0.25, 0.3) is 0 Å². The minimum Gasteiger partial charge on any atom is -0.447 e. The Kier molecular flexibility index (Phi) is 6.77. The third-order valence-corrected chi connectivity index (χ3v) is 7.60. The van der Waals surface area contributed by atoms with E-state index in [2.05, 4.69) is 25.5 Å². The van der Waals surface area contributed by atoms with Gasteiger partial charge >= 0.3 is 6.09 Å². The Morgan fingerprint density at radius 2 is 1.97 bits per heavy atom. The Morgan fingerprint density at radius 3 is 2.57 bits per heavy atom. The summed E-state index contributed by atoms with van der Waals surface area (Å²) in [6.07, 6.45) is 2.70. The number of pyridine rings is 1. The molecular formula is C22H35N3O4S. The van der Waals surface area contributed by atoms with Crippen molar-refractivity contribution in [3.05, 3.63) is 29.6 Å². The van der Waals surface area contributed by atoms with E-state index in [1.165, 1.54) is 0 Å². The Hall–Kier alpha value is -1.67. The molecule has 1 aromatic heterocycles. The molecule has 1 saturated carbocycles. The summed E-state index contributed by atoms with van der Waals surface area (Å²) >= 11 is 0. The van der Waals surface area contributed by atoms with E-state index in [0.29, 0.717) is 32.2 Å². The summed E-state index contributed by atoms with van der Waals surface area (Å²) in [5, 5.41) is -0.293. The minimum atomic E-state index is -3.36. The van der Waals surface area contributed by atoms with Crippen molar-refractivity contribution in [2.45, 2.75) is 95.6 Å². The van der Waals surface area contributed by atoms with Gasteiger partial charge in [0.1, 0.15) is 0 Å². The molecule has 0 bridgehead atoms. The van der Waals surface area contributed by atoms with Crippen molar-refractivity contribution in [1.29, 1.82) is 0 Å². The predicted molar refractivity (Wildman–Crippen MR) is 117 cm³/mol. The van der Waals surface area contributed by atoms with E-state index in [4.69, 9.17) is 9.72 Å². The number of carbonyl (C=O) groups is 1. The molecule has 3 rings (SSSR count). The van der Waals surface area contributed by atoms with E-state index in [0.717, 1.165) is 17.8 Å². The standard InChI is InChI=1S/C22H35N3O4S/c1-15(2)29-21(26)25-13-7-9-18(24-30(27,28)17-11-12-17)19(25)14-16-8-6-10-20(23-16)22(3,4)5/h6,8,10,15,17-19,24H,7,9,11-14H2,1-5H3. The average Bonchev–Trinajstić information content (AvgIpc) is 3.47. The van der Waals surface area contributed by atoms with Gasteiger partial charge in [0.25, 0.3) is 0 Å². The number of sulfonamides is 1. The van der Waals surface area contributed by atoms with Crippen LogP contribution < -0.4 is 4.72 Å². The molecule has 0 aromatic carbocycles. The first-order chi connectivity index (χ1) is 14.0. The van der Waals surface area contributed by atoms with Gasteiger partial charge in [-0.05, 0) is 51.7 Å². The molecule has 2 aliphatic rings. The van der Waals surface area contributed by atoms with Crippen LogP contribution in [-0.4, -0.2) is 54.4 Å². The largest absolute Gasteiger partial charge is 0.447 e. The van der Waals surface area contributed by atoms with E-state index in [1.54, 1.807) is 4.90 Å². The molecule has 1 aliphatic heterocycles. The average molecular weight is 438 g/mol. The summed E-state index contributed by atoms with van der Waals surface area (Å²) < 4.78 is 33.6. The number of carbonyl (C=O) groups excluding carboxylic acids is 1. The van der Waals surface area contributed by atoms with E-state index < -0.39 is 16.1 Å². The van der Waals surface area contributed by atoms with Crippen molar-refractivity contribution in [2.75, 3.05) is 6.54 Å². The number of rotatable bonds is 6. The molecule has 2 atom stereocenters. The normalized spacial score (nSPS) is 22.9. The molecule has 0 radical (unpaired) electrons. The summed E-state index contributed by atoms with van der Waals surface area (Å²) in [5.41, 5.74) is 1.74. The lowest BCUT2D eigenvalue weighted by atomic mass is 9.90. The van der Waals surface area contributed by atoms with Crippen molar-refractivity contribution in [1.82, 2.24) is 14.6 Å². The summed E-state index contributed by atoms with van der Waals surface area (Å²) in [5.74, 6) is 0. The van der Waals surface area contributed by atoms with E-state index in [9.17, 15) is 13.2 Å². The lowest BCUT2D eigenvalue weighted by molar-refractivity contribution is 0.0458. The van der Waals surface area contributed by atoms with Crippen LogP contribution in [0.4, 0.5) is 4.79 Å². The first-order valence-corrected chi connectivity index (χ1v) is 12.5. The highest BCUT2D eigenvalue weighted by Gasteiger charge is 2.42. The van der Waals surface area contributed by atoms with Gasteiger partial charge in [-0.2, -0.15) is 0 Å². The molecular weight excluding hydrogens is 402 g/mol. The number of piperidine rings is 1. The van der Waals surface area contributed by atoms with Gasteiger partial charge in [-0.3, -0.25) is 4.98 Å². The number of hydrogen-bond donors (Lipinski definition) is 1. The summed E-state index contributed by atoms with van der Waals surface area (Å²) in [4.78, 5) is 19.3. The van der Waals surface area contributed by atoms with E-state index >= 15 is 0 Å². The van der Waals surface area contributed by atoms with Gasteiger partial charge < -0.3 is 9.64 Å². The second-order valence-electron chi connectivity index (χ2n) is 9.77. The molecule has 1 N–H and O–H groups in total. The smallest absolute Gasteiger partial charge is 0.410 e. The van der Waals surface area contributed by atoms with Gasteiger partial charge in [0.2, 0.25) is 10.0 Å². The monoisotopic (exact) mass is 437 g/mol.